The zero-order chi connectivity index (χ0) is 14.7. The number of nitrogens with zero attached hydrogens (tertiary/aromatic N) is 1. The van der Waals surface area contributed by atoms with E-state index in [2.05, 4.69) is 18.7 Å². The van der Waals surface area contributed by atoms with E-state index in [1.165, 1.54) is 25.0 Å². The van der Waals surface area contributed by atoms with Crippen LogP contribution in [0.4, 0.5) is 4.39 Å². The number of phenolic OH excluding ortho intramolecular Hbond substituents is 1. The van der Waals surface area contributed by atoms with Gasteiger partial charge in [0.15, 0.2) is 0 Å². The summed E-state index contributed by atoms with van der Waals surface area (Å²) >= 11 is 0. The molecular weight excluding hydrogens is 255 g/mol. The number of nitrogens with two attached hydrogens (primary N) is 1. The molecule has 1 aliphatic heterocycles. The number of benzene rings is 1. The second kappa shape index (κ2) is 6.55. The Hall–Kier alpha value is -1.13. The molecule has 3 atom stereocenters. The highest BCUT2D eigenvalue weighted by Crippen LogP contribution is 2.35. The minimum Gasteiger partial charge on any atom is -0.508 e. The summed E-state index contributed by atoms with van der Waals surface area (Å²) in [5.41, 5.74) is 6.70. The SMILES string of the molecule is CCC1CCN(C(C)c2ccc(F)cc2O)C(CN)C1. The lowest BCUT2D eigenvalue weighted by Gasteiger charge is -2.42. The summed E-state index contributed by atoms with van der Waals surface area (Å²) in [6.07, 6.45) is 3.47. The number of piperidine rings is 1. The molecule has 1 fully saturated rings. The first-order valence-corrected chi connectivity index (χ1v) is 7.51. The van der Waals surface area contributed by atoms with E-state index in [1.807, 2.05) is 0 Å². The van der Waals surface area contributed by atoms with Crippen molar-refractivity contribution >= 4 is 0 Å². The Morgan fingerprint density at radius 3 is 2.85 bits per heavy atom. The quantitative estimate of drug-likeness (QED) is 0.891. The molecule has 1 aliphatic rings. The Morgan fingerprint density at radius 2 is 2.25 bits per heavy atom. The second-order valence-electron chi connectivity index (χ2n) is 5.81. The van der Waals surface area contributed by atoms with Crippen LogP contribution >= 0.6 is 0 Å². The van der Waals surface area contributed by atoms with Crippen LogP contribution in [0, 0.1) is 11.7 Å². The second-order valence-corrected chi connectivity index (χ2v) is 5.81. The van der Waals surface area contributed by atoms with Crippen LogP contribution in [0.5, 0.6) is 5.75 Å². The summed E-state index contributed by atoms with van der Waals surface area (Å²) in [7, 11) is 0. The van der Waals surface area contributed by atoms with Gasteiger partial charge in [0.05, 0.1) is 0 Å². The van der Waals surface area contributed by atoms with Gasteiger partial charge in [-0.2, -0.15) is 0 Å². The van der Waals surface area contributed by atoms with E-state index in [-0.39, 0.29) is 11.8 Å². The standard InChI is InChI=1S/C16H25FN2O/c1-3-12-6-7-19(14(8-12)10-18)11(2)15-5-4-13(17)9-16(15)20/h4-5,9,11-12,14,20H,3,6-8,10,18H2,1-2H3. The van der Waals surface area contributed by atoms with Crippen LogP contribution in [-0.4, -0.2) is 29.1 Å². The average Bonchev–Trinajstić information content (AvgIpc) is 2.46. The van der Waals surface area contributed by atoms with E-state index >= 15 is 0 Å². The fourth-order valence-electron chi connectivity index (χ4n) is 3.31. The van der Waals surface area contributed by atoms with Crippen molar-refractivity contribution < 1.29 is 9.50 Å². The smallest absolute Gasteiger partial charge is 0.126 e. The summed E-state index contributed by atoms with van der Waals surface area (Å²) in [4.78, 5) is 2.35. The third-order valence-corrected chi connectivity index (χ3v) is 4.66. The van der Waals surface area contributed by atoms with Crippen molar-refractivity contribution in [2.24, 2.45) is 11.7 Å². The minimum atomic E-state index is -0.404. The van der Waals surface area contributed by atoms with Gasteiger partial charge in [-0.25, -0.2) is 4.39 Å². The van der Waals surface area contributed by atoms with E-state index < -0.39 is 5.82 Å². The molecule has 3 N–H and O–H groups in total. The molecular formula is C16H25FN2O. The fraction of sp³-hybridized carbons (Fsp3) is 0.625. The van der Waals surface area contributed by atoms with Gasteiger partial charge in [0.1, 0.15) is 11.6 Å². The van der Waals surface area contributed by atoms with Gasteiger partial charge in [0.25, 0.3) is 0 Å². The van der Waals surface area contributed by atoms with Crippen LogP contribution in [0.25, 0.3) is 0 Å². The van der Waals surface area contributed by atoms with Crippen molar-refractivity contribution in [2.75, 3.05) is 13.1 Å². The zero-order valence-corrected chi connectivity index (χ0v) is 12.3. The molecule has 0 aromatic heterocycles. The molecule has 1 saturated heterocycles. The third-order valence-electron chi connectivity index (χ3n) is 4.66. The lowest BCUT2D eigenvalue weighted by Crippen LogP contribution is -2.47. The zero-order valence-electron chi connectivity index (χ0n) is 12.3. The maximum absolute atomic E-state index is 13.1. The van der Waals surface area contributed by atoms with E-state index in [1.54, 1.807) is 6.07 Å². The summed E-state index contributed by atoms with van der Waals surface area (Å²) in [6.45, 7) is 5.90. The maximum atomic E-state index is 13.1. The van der Waals surface area contributed by atoms with Crippen molar-refractivity contribution in [3.63, 3.8) is 0 Å². The summed E-state index contributed by atoms with van der Waals surface area (Å²) in [6, 6.07) is 4.66. The van der Waals surface area contributed by atoms with Gasteiger partial charge in [0.2, 0.25) is 0 Å². The lowest BCUT2D eigenvalue weighted by atomic mass is 9.87. The number of likely N-dealkylation sites (tertiary alicyclic amines) is 1. The van der Waals surface area contributed by atoms with Gasteiger partial charge in [0, 0.05) is 30.3 Å². The minimum absolute atomic E-state index is 0.0332. The summed E-state index contributed by atoms with van der Waals surface area (Å²) in [5.74, 6) is 0.373. The molecule has 1 heterocycles. The van der Waals surface area contributed by atoms with E-state index in [4.69, 9.17) is 5.73 Å². The number of hydrogen-bond donors (Lipinski definition) is 2. The van der Waals surface area contributed by atoms with Crippen LogP contribution in [0.15, 0.2) is 18.2 Å². The van der Waals surface area contributed by atoms with Crippen molar-refractivity contribution in [2.45, 2.75) is 45.2 Å². The number of rotatable bonds is 4. The normalized spacial score (nSPS) is 25.6. The van der Waals surface area contributed by atoms with Gasteiger partial charge in [-0.05, 0) is 38.3 Å². The Kier molecular flexibility index (Phi) is 5.00. The molecule has 0 aliphatic carbocycles. The first kappa shape index (κ1) is 15.3. The van der Waals surface area contributed by atoms with Crippen LogP contribution in [0.1, 0.15) is 44.7 Å². The first-order valence-electron chi connectivity index (χ1n) is 7.51. The predicted octanol–water partition coefficient (Wildman–Crippen LogP) is 3.04. The fourth-order valence-corrected chi connectivity index (χ4v) is 3.31. The highest BCUT2D eigenvalue weighted by atomic mass is 19.1. The number of phenols is 1. The molecule has 3 unspecified atom stereocenters. The van der Waals surface area contributed by atoms with Crippen LogP contribution in [-0.2, 0) is 0 Å². The molecule has 0 amide bonds. The molecule has 0 radical (unpaired) electrons. The topological polar surface area (TPSA) is 49.5 Å². The molecule has 1 aromatic rings. The molecule has 20 heavy (non-hydrogen) atoms. The molecule has 112 valence electrons. The summed E-state index contributed by atoms with van der Waals surface area (Å²) in [5, 5.41) is 9.95. The number of halogens is 1. The molecule has 1 aromatic carbocycles. The molecule has 0 spiro atoms. The van der Waals surface area contributed by atoms with Crippen LogP contribution < -0.4 is 5.73 Å². The predicted molar refractivity (Wildman–Crippen MR) is 79.0 cm³/mol. The highest BCUT2D eigenvalue weighted by Gasteiger charge is 2.31. The Labute approximate surface area is 120 Å². The average molecular weight is 280 g/mol. The molecule has 3 nitrogen and oxygen atoms in total. The van der Waals surface area contributed by atoms with E-state index in [0.717, 1.165) is 24.4 Å². The van der Waals surface area contributed by atoms with Gasteiger partial charge in [-0.1, -0.05) is 19.4 Å². The Balaban J connectivity index is 2.17. The third kappa shape index (κ3) is 3.13. The maximum Gasteiger partial charge on any atom is 0.126 e. The molecule has 0 saturated carbocycles. The van der Waals surface area contributed by atoms with Crippen molar-refractivity contribution in [3.05, 3.63) is 29.6 Å². The summed E-state index contributed by atoms with van der Waals surface area (Å²) < 4.78 is 13.1. The lowest BCUT2D eigenvalue weighted by molar-refractivity contribution is 0.0762. The van der Waals surface area contributed by atoms with Gasteiger partial charge in [-0.15, -0.1) is 0 Å². The largest absolute Gasteiger partial charge is 0.508 e. The molecule has 2 rings (SSSR count). The Morgan fingerprint density at radius 1 is 1.50 bits per heavy atom. The number of aromatic hydroxyl groups is 1. The van der Waals surface area contributed by atoms with Gasteiger partial charge < -0.3 is 10.8 Å². The monoisotopic (exact) mass is 280 g/mol. The molecule has 4 heteroatoms. The Bertz CT molecular complexity index is 452. The van der Waals surface area contributed by atoms with Gasteiger partial charge in [-0.3, -0.25) is 4.90 Å². The van der Waals surface area contributed by atoms with Crippen LogP contribution in [0.2, 0.25) is 0 Å². The number of hydrogen-bond acceptors (Lipinski definition) is 3. The van der Waals surface area contributed by atoms with Crippen molar-refractivity contribution in [3.8, 4) is 5.75 Å². The van der Waals surface area contributed by atoms with E-state index in [9.17, 15) is 9.50 Å². The van der Waals surface area contributed by atoms with Crippen LogP contribution in [0.3, 0.4) is 0 Å². The molecule has 0 bridgehead atoms. The van der Waals surface area contributed by atoms with Gasteiger partial charge >= 0.3 is 0 Å². The first-order chi connectivity index (χ1) is 9.56. The highest BCUT2D eigenvalue weighted by molar-refractivity contribution is 5.35. The van der Waals surface area contributed by atoms with Crippen molar-refractivity contribution in [1.82, 2.24) is 4.90 Å². The van der Waals surface area contributed by atoms with E-state index in [0.29, 0.717) is 12.6 Å². The van der Waals surface area contributed by atoms with Crippen molar-refractivity contribution in [1.29, 1.82) is 0 Å².